The average molecular weight is 394 g/mol. The highest BCUT2D eigenvalue weighted by Crippen LogP contribution is 2.25. The minimum absolute atomic E-state index is 0.137. The van der Waals surface area contributed by atoms with Crippen LogP contribution in [0, 0.1) is 0 Å². The van der Waals surface area contributed by atoms with E-state index in [1.807, 2.05) is 0 Å². The Hall–Kier alpha value is -2.21. The van der Waals surface area contributed by atoms with Crippen molar-refractivity contribution < 1.29 is 13.2 Å². The number of benzene rings is 3. The van der Waals surface area contributed by atoms with Gasteiger partial charge in [-0.1, -0.05) is 23.2 Å². The molecule has 0 bridgehead atoms. The number of hydrogen-bond acceptors (Lipinski definition) is 3. The molecule has 0 fully saturated rings. The summed E-state index contributed by atoms with van der Waals surface area (Å²) in [5.74, 6) is 1.22. The molecule has 25 heavy (non-hydrogen) atoms. The van der Waals surface area contributed by atoms with Crippen molar-refractivity contribution in [2.45, 2.75) is 4.90 Å². The molecular formula is C18H13Cl2NO3S. The van der Waals surface area contributed by atoms with Crippen LogP contribution in [0.2, 0.25) is 10.0 Å². The van der Waals surface area contributed by atoms with Gasteiger partial charge in [0.2, 0.25) is 0 Å². The maximum absolute atomic E-state index is 12.3. The summed E-state index contributed by atoms with van der Waals surface area (Å²) in [6, 6.07) is 19.5. The second-order valence-electron chi connectivity index (χ2n) is 5.14. The number of ether oxygens (including phenoxy) is 1. The molecule has 0 aliphatic carbocycles. The van der Waals surface area contributed by atoms with Gasteiger partial charge in [0.05, 0.1) is 4.90 Å². The molecule has 3 aromatic rings. The fourth-order valence-electron chi connectivity index (χ4n) is 2.06. The summed E-state index contributed by atoms with van der Waals surface area (Å²) in [7, 11) is -3.67. The molecule has 0 heterocycles. The van der Waals surface area contributed by atoms with E-state index >= 15 is 0 Å². The predicted octanol–water partition coefficient (Wildman–Crippen LogP) is 5.59. The van der Waals surface area contributed by atoms with Crippen LogP contribution in [0.5, 0.6) is 11.5 Å². The average Bonchev–Trinajstić information content (AvgIpc) is 2.59. The van der Waals surface area contributed by atoms with Gasteiger partial charge in [0.15, 0.2) is 0 Å². The number of nitrogens with one attached hydrogen (secondary N) is 1. The maximum Gasteiger partial charge on any atom is 0.261 e. The molecule has 128 valence electrons. The minimum Gasteiger partial charge on any atom is -0.457 e. The smallest absolute Gasteiger partial charge is 0.261 e. The number of anilines is 1. The normalized spacial score (nSPS) is 11.1. The molecule has 0 aliphatic heterocycles. The summed E-state index contributed by atoms with van der Waals surface area (Å²) in [5, 5.41) is 1.10. The van der Waals surface area contributed by atoms with Crippen LogP contribution >= 0.6 is 23.2 Å². The summed E-state index contributed by atoms with van der Waals surface area (Å²) in [6.07, 6.45) is 0. The van der Waals surface area contributed by atoms with Gasteiger partial charge in [0, 0.05) is 15.7 Å². The van der Waals surface area contributed by atoms with Crippen LogP contribution in [-0.2, 0) is 10.0 Å². The monoisotopic (exact) mass is 393 g/mol. The van der Waals surface area contributed by atoms with E-state index in [4.69, 9.17) is 27.9 Å². The third-order valence-electron chi connectivity index (χ3n) is 3.28. The van der Waals surface area contributed by atoms with Gasteiger partial charge < -0.3 is 4.74 Å². The first kappa shape index (κ1) is 17.6. The summed E-state index contributed by atoms with van der Waals surface area (Å²) in [4.78, 5) is 0.137. The van der Waals surface area contributed by atoms with Crippen molar-refractivity contribution in [2.75, 3.05) is 4.72 Å². The molecule has 0 spiro atoms. The molecule has 4 nitrogen and oxygen atoms in total. The van der Waals surface area contributed by atoms with Gasteiger partial charge in [0.25, 0.3) is 10.0 Å². The van der Waals surface area contributed by atoms with Crippen LogP contribution in [0.15, 0.2) is 77.7 Å². The summed E-state index contributed by atoms with van der Waals surface area (Å²) < 4.78 is 32.8. The molecule has 1 N–H and O–H groups in total. The summed E-state index contributed by atoms with van der Waals surface area (Å²) in [6.45, 7) is 0. The fourth-order valence-corrected chi connectivity index (χ4v) is 3.37. The molecule has 7 heteroatoms. The lowest BCUT2D eigenvalue weighted by Crippen LogP contribution is -2.12. The van der Waals surface area contributed by atoms with E-state index in [0.717, 1.165) is 0 Å². The Bertz CT molecular complexity index is 955. The van der Waals surface area contributed by atoms with E-state index in [2.05, 4.69) is 4.72 Å². The van der Waals surface area contributed by atoms with Crippen molar-refractivity contribution in [1.29, 1.82) is 0 Å². The second kappa shape index (κ2) is 7.35. The number of hydrogen-bond donors (Lipinski definition) is 1. The second-order valence-corrected chi connectivity index (χ2v) is 7.70. The van der Waals surface area contributed by atoms with Gasteiger partial charge in [-0.3, -0.25) is 4.72 Å². The molecule has 3 rings (SSSR count). The van der Waals surface area contributed by atoms with Crippen molar-refractivity contribution in [1.82, 2.24) is 0 Å². The molecule has 0 amide bonds. The molecule has 0 aromatic heterocycles. The first-order chi connectivity index (χ1) is 11.9. The van der Waals surface area contributed by atoms with Gasteiger partial charge in [-0.25, -0.2) is 8.42 Å². The molecule has 0 saturated carbocycles. The van der Waals surface area contributed by atoms with Gasteiger partial charge in [-0.2, -0.15) is 0 Å². The van der Waals surface area contributed by atoms with Crippen molar-refractivity contribution >= 4 is 38.9 Å². The maximum atomic E-state index is 12.3. The van der Waals surface area contributed by atoms with Gasteiger partial charge in [-0.05, 0) is 72.8 Å². The Morgan fingerprint density at radius 2 is 1.12 bits per heavy atom. The largest absolute Gasteiger partial charge is 0.457 e. The van der Waals surface area contributed by atoms with Crippen LogP contribution in [0.3, 0.4) is 0 Å². The Kier molecular flexibility index (Phi) is 5.18. The van der Waals surface area contributed by atoms with Crippen LogP contribution in [0.1, 0.15) is 0 Å². The van der Waals surface area contributed by atoms with Crippen LogP contribution < -0.4 is 9.46 Å². The first-order valence-corrected chi connectivity index (χ1v) is 9.48. The van der Waals surface area contributed by atoms with Crippen molar-refractivity contribution in [2.24, 2.45) is 0 Å². The molecule has 0 atom stereocenters. The van der Waals surface area contributed by atoms with Crippen LogP contribution in [0.25, 0.3) is 0 Å². The van der Waals surface area contributed by atoms with E-state index in [0.29, 0.717) is 27.2 Å². The molecule has 0 radical (unpaired) electrons. The summed E-state index contributed by atoms with van der Waals surface area (Å²) in [5.41, 5.74) is 0.429. The quantitative estimate of drug-likeness (QED) is 0.614. The Morgan fingerprint density at radius 1 is 0.680 bits per heavy atom. The first-order valence-electron chi connectivity index (χ1n) is 7.24. The lowest BCUT2D eigenvalue weighted by atomic mass is 10.3. The Labute approximate surface area is 156 Å². The van der Waals surface area contributed by atoms with Crippen molar-refractivity contribution in [3.05, 3.63) is 82.8 Å². The zero-order valence-electron chi connectivity index (χ0n) is 12.8. The fraction of sp³-hybridized carbons (Fsp3) is 0. The third kappa shape index (κ3) is 4.66. The van der Waals surface area contributed by atoms with Gasteiger partial charge in [-0.15, -0.1) is 0 Å². The van der Waals surface area contributed by atoms with Crippen molar-refractivity contribution in [3.63, 3.8) is 0 Å². The minimum atomic E-state index is -3.67. The SMILES string of the molecule is O=S(=O)(Nc1ccc(Oc2ccc(Cl)cc2)cc1)c1ccc(Cl)cc1. The lowest BCUT2D eigenvalue weighted by Gasteiger charge is -2.10. The number of rotatable bonds is 5. The number of halogens is 2. The zero-order valence-corrected chi connectivity index (χ0v) is 15.1. The topological polar surface area (TPSA) is 55.4 Å². The predicted molar refractivity (Wildman–Crippen MR) is 100 cm³/mol. The Morgan fingerprint density at radius 3 is 1.64 bits per heavy atom. The van der Waals surface area contributed by atoms with E-state index in [1.165, 1.54) is 24.3 Å². The zero-order chi connectivity index (χ0) is 17.9. The Balaban J connectivity index is 1.71. The summed E-state index contributed by atoms with van der Waals surface area (Å²) >= 11 is 11.6. The molecule has 0 saturated heterocycles. The highest BCUT2D eigenvalue weighted by molar-refractivity contribution is 7.92. The molecule has 3 aromatic carbocycles. The highest BCUT2D eigenvalue weighted by Gasteiger charge is 2.13. The van der Waals surface area contributed by atoms with E-state index in [-0.39, 0.29) is 4.90 Å². The lowest BCUT2D eigenvalue weighted by molar-refractivity contribution is 0.483. The molecule has 0 unspecified atom stereocenters. The van der Waals surface area contributed by atoms with Gasteiger partial charge in [0.1, 0.15) is 11.5 Å². The molecule has 0 aliphatic rings. The van der Waals surface area contributed by atoms with Crippen LogP contribution in [-0.4, -0.2) is 8.42 Å². The van der Waals surface area contributed by atoms with Crippen molar-refractivity contribution in [3.8, 4) is 11.5 Å². The number of sulfonamides is 1. The standard InChI is InChI=1S/C18H13Cl2NO3S/c19-13-1-7-16(8-2-13)24-17-9-5-15(6-10-17)21-25(22,23)18-11-3-14(20)4-12-18/h1-12,21H. The third-order valence-corrected chi connectivity index (χ3v) is 5.18. The van der Waals surface area contributed by atoms with Gasteiger partial charge >= 0.3 is 0 Å². The molecular weight excluding hydrogens is 381 g/mol. The van der Waals surface area contributed by atoms with E-state index in [1.54, 1.807) is 48.5 Å². The van der Waals surface area contributed by atoms with E-state index < -0.39 is 10.0 Å². The van der Waals surface area contributed by atoms with Crippen LogP contribution in [0.4, 0.5) is 5.69 Å². The highest BCUT2D eigenvalue weighted by atomic mass is 35.5. The van der Waals surface area contributed by atoms with E-state index in [9.17, 15) is 8.42 Å².